The predicted octanol–water partition coefficient (Wildman–Crippen LogP) is 3.00. The highest BCUT2D eigenvalue weighted by molar-refractivity contribution is 7.18. The molecule has 1 N–H and O–H groups in total. The van der Waals surface area contributed by atoms with Crippen LogP contribution in [0.4, 0.5) is 0 Å². The molecular formula is C18H21N3OS. The van der Waals surface area contributed by atoms with Crippen LogP contribution in [0, 0.1) is 5.92 Å². The van der Waals surface area contributed by atoms with Crippen molar-refractivity contribution in [2.45, 2.75) is 37.6 Å². The van der Waals surface area contributed by atoms with E-state index in [2.05, 4.69) is 16.3 Å². The van der Waals surface area contributed by atoms with Crippen molar-refractivity contribution in [3.05, 3.63) is 28.8 Å². The van der Waals surface area contributed by atoms with Crippen LogP contribution < -0.4 is 5.32 Å². The predicted molar refractivity (Wildman–Crippen MR) is 92.0 cm³/mol. The molecule has 5 heteroatoms. The van der Waals surface area contributed by atoms with Crippen LogP contribution in [-0.2, 0) is 0 Å². The third kappa shape index (κ3) is 2.56. The zero-order chi connectivity index (χ0) is 15.4. The summed E-state index contributed by atoms with van der Waals surface area (Å²) in [5, 5.41) is 4.51. The second-order valence-corrected chi connectivity index (χ2v) is 8.29. The fraction of sp³-hybridized carbons (Fsp3) is 0.556. The summed E-state index contributed by atoms with van der Waals surface area (Å²) in [6, 6.07) is 6.30. The minimum absolute atomic E-state index is 0.0617. The second kappa shape index (κ2) is 5.28. The molecule has 1 aliphatic carbocycles. The normalized spacial score (nSPS) is 29.8. The van der Waals surface area contributed by atoms with Crippen molar-refractivity contribution in [1.82, 2.24) is 15.2 Å². The first kappa shape index (κ1) is 13.9. The summed E-state index contributed by atoms with van der Waals surface area (Å²) >= 11 is 1.78. The molecule has 2 aromatic rings. The molecule has 1 saturated carbocycles. The molecule has 1 unspecified atom stereocenters. The fourth-order valence-electron chi connectivity index (χ4n) is 3.97. The van der Waals surface area contributed by atoms with E-state index < -0.39 is 0 Å². The minimum Gasteiger partial charge on any atom is -0.348 e. The van der Waals surface area contributed by atoms with Gasteiger partial charge in [0.15, 0.2) is 0 Å². The Morgan fingerprint density at radius 3 is 2.74 bits per heavy atom. The quantitative estimate of drug-likeness (QED) is 0.942. The van der Waals surface area contributed by atoms with Gasteiger partial charge in [-0.3, -0.25) is 4.79 Å². The summed E-state index contributed by atoms with van der Waals surface area (Å²) in [6.07, 6.45) is 4.99. The van der Waals surface area contributed by atoms with Crippen molar-refractivity contribution in [3.63, 3.8) is 0 Å². The van der Waals surface area contributed by atoms with E-state index in [1.54, 1.807) is 11.3 Å². The molecule has 1 aromatic carbocycles. The van der Waals surface area contributed by atoms with Crippen molar-refractivity contribution in [3.8, 4) is 0 Å². The molecule has 0 radical (unpaired) electrons. The Kier molecular flexibility index (Phi) is 3.20. The lowest BCUT2D eigenvalue weighted by Crippen LogP contribution is -2.57. The van der Waals surface area contributed by atoms with Crippen LogP contribution in [0.5, 0.6) is 0 Å². The summed E-state index contributed by atoms with van der Waals surface area (Å²) in [6.45, 7) is 3.42. The number of nitrogens with one attached hydrogen (secondary N) is 1. The topological polar surface area (TPSA) is 45.2 Å². The maximum absolute atomic E-state index is 12.6. The number of hydrogen-bond donors (Lipinski definition) is 1. The van der Waals surface area contributed by atoms with Crippen molar-refractivity contribution < 1.29 is 4.79 Å². The molecule has 6 rings (SSSR count). The first-order chi connectivity index (χ1) is 11.3. The zero-order valence-electron chi connectivity index (χ0n) is 13.1. The van der Waals surface area contributed by atoms with Crippen LogP contribution in [0.15, 0.2) is 18.2 Å². The molecular weight excluding hydrogens is 306 g/mol. The number of thiazole rings is 1. The number of carbonyl (C=O) groups is 1. The monoisotopic (exact) mass is 327 g/mol. The Balaban J connectivity index is 1.35. The molecule has 4 aliphatic rings. The van der Waals surface area contributed by atoms with Gasteiger partial charge in [0.25, 0.3) is 5.91 Å². The summed E-state index contributed by atoms with van der Waals surface area (Å²) in [4.78, 5) is 19.8. The third-order valence-electron chi connectivity index (χ3n) is 5.57. The van der Waals surface area contributed by atoms with E-state index in [1.807, 2.05) is 12.1 Å². The van der Waals surface area contributed by atoms with Gasteiger partial charge in [0.1, 0.15) is 0 Å². The smallest absolute Gasteiger partial charge is 0.251 e. The van der Waals surface area contributed by atoms with Gasteiger partial charge in [-0.05, 0) is 62.9 Å². The lowest BCUT2D eigenvalue weighted by atomic mass is 9.84. The molecule has 2 bridgehead atoms. The summed E-state index contributed by atoms with van der Waals surface area (Å²) in [5.41, 5.74) is 1.74. The maximum Gasteiger partial charge on any atom is 0.251 e. The van der Waals surface area contributed by atoms with Crippen LogP contribution in [0.1, 0.15) is 47.0 Å². The summed E-state index contributed by atoms with van der Waals surface area (Å²) in [5.74, 6) is 1.40. The minimum atomic E-state index is 0.0617. The van der Waals surface area contributed by atoms with Gasteiger partial charge in [-0.15, -0.1) is 11.3 Å². The zero-order valence-corrected chi connectivity index (χ0v) is 13.9. The molecule has 1 atom stereocenters. The van der Waals surface area contributed by atoms with E-state index in [-0.39, 0.29) is 5.91 Å². The molecule has 4 fully saturated rings. The number of aromatic nitrogens is 1. The largest absolute Gasteiger partial charge is 0.348 e. The highest BCUT2D eigenvalue weighted by Gasteiger charge is 2.35. The van der Waals surface area contributed by atoms with Gasteiger partial charge >= 0.3 is 0 Å². The van der Waals surface area contributed by atoms with E-state index in [0.29, 0.717) is 17.9 Å². The molecule has 4 heterocycles. The molecule has 1 aromatic heterocycles. The fourth-order valence-corrected chi connectivity index (χ4v) is 5.09. The van der Waals surface area contributed by atoms with Crippen molar-refractivity contribution in [1.29, 1.82) is 0 Å². The first-order valence-electron chi connectivity index (χ1n) is 8.70. The van der Waals surface area contributed by atoms with Gasteiger partial charge in [0.05, 0.1) is 15.2 Å². The second-order valence-electron chi connectivity index (χ2n) is 7.23. The number of fused-ring (bicyclic) bond motifs is 4. The molecule has 3 aliphatic heterocycles. The highest BCUT2D eigenvalue weighted by atomic mass is 32.1. The van der Waals surface area contributed by atoms with Gasteiger partial charge < -0.3 is 10.2 Å². The Hall–Kier alpha value is -1.46. The number of amides is 1. The van der Waals surface area contributed by atoms with Gasteiger partial charge in [-0.2, -0.15) is 0 Å². The number of piperidine rings is 3. The Morgan fingerprint density at radius 2 is 2.04 bits per heavy atom. The molecule has 3 saturated heterocycles. The van der Waals surface area contributed by atoms with Gasteiger partial charge in [-0.1, -0.05) is 0 Å². The SMILES string of the molecule is O=C(NC1CN2CCC1CC2)c1ccc2sc(C3CC3)nc2c1. The highest BCUT2D eigenvalue weighted by Crippen LogP contribution is 2.43. The number of hydrogen-bond acceptors (Lipinski definition) is 4. The lowest BCUT2D eigenvalue weighted by Gasteiger charge is -2.44. The molecule has 23 heavy (non-hydrogen) atoms. The third-order valence-corrected chi connectivity index (χ3v) is 6.76. The summed E-state index contributed by atoms with van der Waals surface area (Å²) in [7, 11) is 0. The Morgan fingerprint density at radius 1 is 1.22 bits per heavy atom. The van der Waals surface area contributed by atoms with Crippen LogP contribution in [0.25, 0.3) is 10.2 Å². The Bertz CT molecular complexity index is 759. The van der Waals surface area contributed by atoms with Crippen molar-refractivity contribution in [2.75, 3.05) is 19.6 Å². The molecule has 4 nitrogen and oxygen atoms in total. The van der Waals surface area contributed by atoms with Gasteiger partial charge in [0.2, 0.25) is 0 Å². The molecule has 0 spiro atoms. The summed E-state index contributed by atoms with van der Waals surface area (Å²) < 4.78 is 1.20. The maximum atomic E-state index is 12.6. The van der Waals surface area contributed by atoms with Crippen LogP contribution >= 0.6 is 11.3 Å². The number of carbonyl (C=O) groups excluding carboxylic acids is 1. The number of nitrogens with zero attached hydrogens (tertiary/aromatic N) is 2. The van der Waals surface area contributed by atoms with Crippen LogP contribution in [-0.4, -0.2) is 41.5 Å². The van der Waals surface area contributed by atoms with Gasteiger partial charge in [-0.25, -0.2) is 4.98 Å². The van der Waals surface area contributed by atoms with Crippen LogP contribution in [0.2, 0.25) is 0 Å². The average molecular weight is 327 g/mol. The first-order valence-corrected chi connectivity index (χ1v) is 9.51. The van der Waals surface area contributed by atoms with E-state index in [4.69, 9.17) is 4.98 Å². The standard InChI is InChI=1S/C18H21N3OS/c22-17(19-15-10-21-7-5-11(15)6-8-21)13-3-4-16-14(9-13)20-18(23-16)12-1-2-12/h3-4,9,11-12,15H,1-2,5-8,10H2,(H,19,22). The average Bonchev–Trinajstić information content (AvgIpc) is 3.35. The van der Waals surface area contributed by atoms with E-state index >= 15 is 0 Å². The molecule has 1 amide bonds. The van der Waals surface area contributed by atoms with E-state index in [9.17, 15) is 4.79 Å². The number of rotatable bonds is 3. The van der Waals surface area contributed by atoms with E-state index in [0.717, 1.165) is 17.6 Å². The Labute approximate surface area is 139 Å². The van der Waals surface area contributed by atoms with Crippen molar-refractivity contribution in [2.24, 2.45) is 5.92 Å². The lowest BCUT2D eigenvalue weighted by molar-refractivity contribution is 0.0620. The van der Waals surface area contributed by atoms with E-state index in [1.165, 1.54) is 48.5 Å². The molecule has 120 valence electrons. The van der Waals surface area contributed by atoms with Gasteiger partial charge in [0, 0.05) is 24.1 Å². The van der Waals surface area contributed by atoms with Crippen LogP contribution in [0.3, 0.4) is 0 Å². The van der Waals surface area contributed by atoms with Crippen molar-refractivity contribution >= 4 is 27.5 Å². The number of benzene rings is 1.